The third-order valence-electron chi connectivity index (χ3n) is 3.70. The lowest BCUT2D eigenvalue weighted by molar-refractivity contribution is -0.149. The van der Waals surface area contributed by atoms with Crippen LogP contribution < -0.4 is 0 Å². The molecule has 0 radical (unpaired) electrons. The summed E-state index contributed by atoms with van der Waals surface area (Å²) >= 11 is 0. The second-order valence-electron chi connectivity index (χ2n) is 5.57. The number of rotatable bonds is 6. The van der Waals surface area contributed by atoms with E-state index >= 15 is 0 Å². The first-order chi connectivity index (χ1) is 12.0. The lowest BCUT2D eigenvalue weighted by atomic mass is 10.0. The normalized spacial score (nSPS) is 18.6. The molecule has 0 amide bonds. The molecule has 0 saturated heterocycles. The van der Waals surface area contributed by atoms with Crippen LogP contribution >= 0.6 is 0 Å². The number of ether oxygens (including phenoxy) is 1. The van der Waals surface area contributed by atoms with Gasteiger partial charge in [0.1, 0.15) is 6.61 Å². The highest BCUT2D eigenvalue weighted by Crippen LogP contribution is 2.20. The predicted octanol–water partition coefficient (Wildman–Crippen LogP) is 2.45. The van der Waals surface area contributed by atoms with Crippen molar-refractivity contribution < 1.29 is 22.1 Å². The Hall–Kier alpha value is -2.51. The summed E-state index contributed by atoms with van der Waals surface area (Å²) in [5.41, 5.74) is 1.99. The molecule has 1 heterocycles. The van der Waals surface area contributed by atoms with Crippen molar-refractivity contribution in [2.45, 2.75) is 25.6 Å². The molecule has 0 bridgehead atoms. The molecule has 25 heavy (non-hydrogen) atoms. The summed E-state index contributed by atoms with van der Waals surface area (Å²) in [6.07, 6.45) is -0.451. The number of carbonyl (C=O) groups is 1. The van der Waals surface area contributed by atoms with Crippen LogP contribution in [0.15, 0.2) is 65.1 Å². The molecule has 1 atom stereocenters. The third kappa shape index (κ3) is 4.74. The molecule has 0 fully saturated rings. The maximum absolute atomic E-state index is 12.2. The van der Waals surface area contributed by atoms with Gasteiger partial charge in [0.25, 0.3) is 0 Å². The van der Waals surface area contributed by atoms with Crippen LogP contribution in [0.5, 0.6) is 0 Å². The fourth-order valence-corrected chi connectivity index (χ4v) is 3.41. The molecule has 1 aliphatic heterocycles. The van der Waals surface area contributed by atoms with Crippen molar-refractivity contribution in [3.05, 3.63) is 71.8 Å². The van der Waals surface area contributed by atoms with Gasteiger partial charge in [-0.3, -0.25) is 0 Å². The summed E-state index contributed by atoms with van der Waals surface area (Å²) in [6, 6.07) is 18.7. The first kappa shape index (κ1) is 17.3. The molecule has 0 aromatic heterocycles. The summed E-state index contributed by atoms with van der Waals surface area (Å²) < 4.78 is 36.8. The van der Waals surface area contributed by atoms with E-state index in [1.54, 1.807) is 0 Å². The number of esters is 1. The minimum atomic E-state index is -4.09. The lowest BCUT2D eigenvalue weighted by Crippen LogP contribution is -2.31. The quantitative estimate of drug-likeness (QED) is 0.740. The van der Waals surface area contributed by atoms with Gasteiger partial charge in [0, 0.05) is 0 Å². The highest BCUT2D eigenvalue weighted by atomic mass is 32.2. The van der Waals surface area contributed by atoms with Gasteiger partial charge in [-0.1, -0.05) is 60.7 Å². The third-order valence-corrected chi connectivity index (χ3v) is 4.59. The van der Waals surface area contributed by atoms with Gasteiger partial charge in [-0.15, -0.1) is 4.40 Å². The van der Waals surface area contributed by atoms with Crippen LogP contribution in [0.4, 0.5) is 0 Å². The van der Waals surface area contributed by atoms with E-state index in [0.29, 0.717) is 12.8 Å². The first-order valence-electron chi connectivity index (χ1n) is 7.80. The van der Waals surface area contributed by atoms with E-state index in [-0.39, 0.29) is 12.3 Å². The van der Waals surface area contributed by atoms with E-state index in [0.717, 1.165) is 11.1 Å². The molecule has 1 aliphatic rings. The number of nitrogens with zero attached hydrogens (tertiary/aromatic N) is 1. The zero-order valence-corrected chi connectivity index (χ0v) is 14.2. The van der Waals surface area contributed by atoms with Crippen LogP contribution in [0, 0.1) is 0 Å². The topological polar surface area (TPSA) is 82.0 Å². The molecule has 2 aromatic carbocycles. The van der Waals surface area contributed by atoms with Crippen LogP contribution in [-0.2, 0) is 37.0 Å². The number of aryl methyl sites for hydroxylation is 1. The van der Waals surface area contributed by atoms with Crippen LogP contribution in [0.1, 0.15) is 17.5 Å². The van der Waals surface area contributed by atoms with E-state index in [1.807, 2.05) is 60.7 Å². The molecular weight excluding hydrogens is 342 g/mol. The fraction of sp³-hybridized carbons (Fsp3) is 0.222. The molecule has 0 saturated carbocycles. The predicted molar refractivity (Wildman–Crippen MR) is 92.2 cm³/mol. The van der Waals surface area contributed by atoms with Gasteiger partial charge in [-0.2, -0.15) is 8.42 Å². The van der Waals surface area contributed by atoms with Gasteiger partial charge < -0.3 is 4.74 Å². The molecule has 3 rings (SSSR count). The lowest BCUT2D eigenvalue weighted by Gasteiger charge is -2.11. The van der Waals surface area contributed by atoms with Gasteiger partial charge in [0.2, 0.25) is 6.10 Å². The Morgan fingerprint density at radius 2 is 1.56 bits per heavy atom. The molecule has 7 heteroatoms. The van der Waals surface area contributed by atoms with E-state index in [1.165, 1.54) is 0 Å². The monoisotopic (exact) mass is 359 g/mol. The smallest absolute Gasteiger partial charge is 0.382 e. The fourth-order valence-electron chi connectivity index (χ4n) is 2.46. The van der Waals surface area contributed by atoms with E-state index in [2.05, 4.69) is 4.40 Å². The van der Waals surface area contributed by atoms with Crippen molar-refractivity contribution in [3.8, 4) is 0 Å². The van der Waals surface area contributed by atoms with Crippen LogP contribution in [0.2, 0.25) is 0 Å². The second-order valence-corrected chi connectivity index (χ2v) is 6.80. The molecule has 6 nitrogen and oxygen atoms in total. The molecule has 0 aliphatic carbocycles. The standard InChI is InChI=1S/C18H17NO5S/c20-18(23-13-15-9-5-2-6-10-15)17-16(19-25(21,22)24-17)12-11-14-7-3-1-4-8-14/h1-10,17H,11-13H2. The zero-order chi connectivity index (χ0) is 17.7. The minimum absolute atomic E-state index is 0.0472. The Morgan fingerprint density at radius 3 is 2.20 bits per heavy atom. The average Bonchev–Trinajstić information content (AvgIpc) is 2.94. The van der Waals surface area contributed by atoms with Gasteiger partial charge in [-0.25, -0.2) is 8.98 Å². The summed E-state index contributed by atoms with van der Waals surface area (Å²) in [5, 5.41) is 0. The minimum Gasteiger partial charge on any atom is -0.459 e. The van der Waals surface area contributed by atoms with Gasteiger partial charge >= 0.3 is 16.3 Å². The molecule has 0 spiro atoms. The number of carbonyl (C=O) groups excluding carboxylic acids is 1. The summed E-state index contributed by atoms with van der Waals surface area (Å²) in [5.74, 6) is -0.753. The molecular formula is C18H17NO5S. The number of hydrogen-bond acceptors (Lipinski definition) is 5. The summed E-state index contributed by atoms with van der Waals surface area (Å²) in [6.45, 7) is 0.0472. The number of hydrogen-bond donors (Lipinski definition) is 0. The Labute approximate surface area is 146 Å². The summed E-state index contributed by atoms with van der Waals surface area (Å²) in [4.78, 5) is 12.2. The molecule has 1 unspecified atom stereocenters. The average molecular weight is 359 g/mol. The maximum atomic E-state index is 12.2. The molecule has 0 N–H and O–H groups in total. The van der Waals surface area contributed by atoms with Crippen molar-refractivity contribution >= 4 is 22.0 Å². The van der Waals surface area contributed by atoms with Crippen LogP contribution in [0.25, 0.3) is 0 Å². The highest BCUT2D eigenvalue weighted by molar-refractivity contribution is 7.85. The zero-order valence-electron chi connectivity index (χ0n) is 13.4. The molecule has 130 valence electrons. The van der Waals surface area contributed by atoms with Crippen LogP contribution in [-0.4, -0.2) is 26.2 Å². The van der Waals surface area contributed by atoms with E-state index < -0.39 is 22.4 Å². The Balaban J connectivity index is 1.64. The van der Waals surface area contributed by atoms with Crippen molar-refractivity contribution in [2.24, 2.45) is 4.40 Å². The van der Waals surface area contributed by atoms with Crippen molar-refractivity contribution in [1.82, 2.24) is 0 Å². The Morgan fingerprint density at radius 1 is 0.960 bits per heavy atom. The largest absolute Gasteiger partial charge is 0.459 e. The van der Waals surface area contributed by atoms with Crippen LogP contribution in [0.3, 0.4) is 0 Å². The van der Waals surface area contributed by atoms with E-state index in [9.17, 15) is 13.2 Å². The van der Waals surface area contributed by atoms with Crippen molar-refractivity contribution in [3.63, 3.8) is 0 Å². The van der Waals surface area contributed by atoms with Gasteiger partial charge in [0.15, 0.2) is 0 Å². The maximum Gasteiger partial charge on any atom is 0.382 e. The Bertz CT molecular complexity index is 863. The van der Waals surface area contributed by atoms with E-state index in [4.69, 9.17) is 8.92 Å². The van der Waals surface area contributed by atoms with Crippen molar-refractivity contribution in [2.75, 3.05) is 0 Å². The van der Waals surface area contributed by atoms with Crippen molar-refractivity contribution in [1.29, 1.82) is 0 Å². The SMILES string of the molecule is O=C(OCc1ccccc1)C1OS(=O)(=O)N=C1CCc1ccccc1. The summed E-state index contributed by atoms with van der Waals surface area (Å²) in [7, 11) is -4.09. The Kier molecular flexibility index (Phi) is 5.25. The first-order valence-corrected chi connectivity index (χ1v) is 9.16. The second kappa shape index (κ2) is 7.58. The molecule has 2 aromatic rings. The van der Waals surface area contributed by atoms with Gasteiger partial charge in [0.05, 0.1) is 5.71 Å². The van der Waals surface area contributed by atoms with Gasteiger partial charge in [-0.05, 0) is 24.0 Å². The number of benzene rings is 2. The highest BCUT2D eigenvalue weighted by Gasteiger charge is 2.38.